The lowest BCUT2D eigenvalue weighted by Gasteiger charge is -2.07. The van der Waals surface area contributed by atoms with Gasteiger partial charge in [0.2, 0.25) is 5.91 Å². The summed E-state index contributed by atoms with van der Waals surface area (Å²) in [6.45, 7) is 2.09. The van der Waals surface area contributed by atoms with Gasteiger partial charge in [0.15, 0.2) is 10.8 Å². The number of rotatable bonds is 6. The zero-order chi connectivity index (χ0) is 19.7. The van der Waals surface area contributed by atoms with Gasteiger partial charge in [0, 0.05) is 15.5 Å². The molecule has 0 atom stereocenters. The van der Waals surface area contributed by atoms with Gasteiger partial charge >= 0.3 is 5.97 Å². The Morgan fingerprint density at radius 2 is 2.29 bits per heavy atom. The number of hydrogen-bond acceptors (Lipinski definition) is 7. The molecule has 4 rings (SSSR count). The standard InChI is InChI=1S/C18H17BrN4O3S2/c1-2-26-17(25)14-10-4-3-5-12(10)28-16(14)22-13(24)8-27-18-21-11-6-9(19)7-20-15(11)23-18/h6-7H,2-5,8H2,1H3,(H,22,24)(H,20,21,23). The van der Waals surface area contributed by atoms with Crippen molar-refractivity contribution in [1.29, 1.82) is 0 Å². The third-order valence-electron chi connectivity index (χ3n) is 4.28. The number of amides is 1. The number of halogens is 1. The minimum Gasteiger partial charge on any atom is -0.462 e. The summed E-state index contributed by atoms with van der Waals surface area (Å²) in [5.41, 5.74) is 2.96. The van der Waals surface area contributed by atoms with Crippen LogP contribution >= 0.6 is 39.0 Å². The van der Waals surface area contributed by atoms with Crippen LogP contribution in [-0.2, 0) is 22.4 Å². The van der Waals surface area contributed by atoms with Crippen LogP contribution in [0.3, 0.4) is 0 Å². The van der Waals surface area contributed by atoms with Crippen molar-refractivity contribution in [1.82, 2.24) is 15.0 Å². The molecule has 10 heteroatoms. The number of aryl methyl sites for hydroxylation is 1. The summed E-state index contributed by atoms with van der Waals surface area (Å²) in [6, 6.07) is 1.89. The molecule has 0 fully saturated rings. The van der Waals surface area contributed by atoms with Crippen molar-refractivity contribution in [2.75, 3.05) is 17.7 Å². The number of pyridine rings is 1. The van der Waals surface area contributed by atoms with E-state index in [0.29, 0.717) is 28.0 Å². The highest BCUT2D eigenvalue weighted by molar-refractivity contribution is 9.10. The van der Waals surface area contributed by atoms with Gasteiger partial charge in [-0.05, 0) is 53.7 Å². The molecule has 3 heterocycles. The summed E-state index contributed by atoms with van der Waals surface area (Å²) in [7, 11) is 0. The first-order valence-electron chi connectivity index (χ1n) is 8.80. The summed E-state index contributed by atoms with van der Waals surface area (Å²) >= 11 is 6.14. The number of ether oxygens (including phenoxy) is 1. The van der Waals surface area contributed by atoms with Gasteiger partial charge in [0.05, 0.1) is 23.4 Å². The normalized spacial score (nSPS) is 12.9. The first-order chi connectivity index (χ1) is 13.5. The lowest BCUT2D eigenvalue weighted by molar-refractivity contribution is -0.113. The van der Waals surface area contributed by atoms with E-state index < -0.39 is 0 Å². The van der Waals surface area contributed by atoms with Gasteiger partial charge < -0.3 is 15.0 Å². The monoisotopic (exact) mass is 480 g/mol. The first kappa shape index (κ1) is 19.4. The lowest BCUT2D eigenvalue weighted by atomic mass is 10.1. The predicted molar refractivity (Wildman–Crippen MR) is 113 cm³/mol. The number of nitrogens with zero attached hydrogens (tertiary/aromatic N) is 2. The highest BCUT2D eigenvalue weighted by atomic mass is 79.9. The Morgan fingerprint density at radius 1 is 1.43 bits per heavy atom. The Kier molecular flexibility index (Phi) is 5.70. The molecule has 1 aliphatic rings. The number of hydrogen-bond donors (Lipinski definition) is 2. The molecule has 0 bridgehead atoms. The second kappa shape index (κ2) is 8.22. The lowest BCUT2D eigenvalue weighted by Crippen LogP contribution is -2.16. The molecule has 7 nitrogen and oxygen atoms in total. The number of aromatic nitrogens is 3. The Labute approximate surface area is 177 Å². The molecule has 0 spiro atoms. The maximum atomic E-state index is 12.5. The van der Waals surface area contributed by atoms with Crippen LogP contribution in [0, 0.1) is 0 Å². The highest BCUT2D eigenvalue weighted by Gasteiger charge is 2.28. The van der Waals surface area contributed by atoms with E-state index in [1.54, 1.807) is 13.1 Å². The topological polar surface area (TPSA) is 97.0 Å². The van der Waals surface area contributed by atoms with Crippen molar-refractivity contribution in [3.63, 3.8) is 0 Å². The molecule has 0 aromatic carbocycles. The van der Waals surface area contributed by atoms with Crippen LogP contribution in [0.2, 0.25) is 0 Å². The smallest absolute Gasteiger partial charge is 0.341 e. The van der Waals surface area contributed by atoms with Crippen LogP contribution in [0.15, 0.2) is 21.9 Å². The molecule has 0 saturated carbocycles. The number of carbonyl (C=O) groups excluding carboxylic acids is 2. The second-order valence-corrected chi connectivity index (χ2v) is 9.17. The van der Waals surface area contributed by atoms with Gasteiger partial charge in [-0.15, -0.1) is 11.3 Å². The summed E-state index contributed by atoms with van der Waals surface area (Å²) in [6.07, 6.45) is 4.51. The quantitative estimate of drug-likeness (QED) is 0.405. The largest absolute Gasteiger partial charge is 0.462 e. The van der Waals surface area contributed by atoms with E-state index in [0.717, 1.165) is 34.8 Å². The van der Waals surface area contributed by atoms with Crippen LogP contribution in [0.1, 0.15) is 34.1 Å². The number of thioether (sulfide) groups is 1. The number of esters is 1. The molecule has 3 aromatic heterocycles. The third-order valence-corrected chi connectivity index (χ3v) is 6.79. The van der Waals surface area contributed by atoms with Crippen LogP contribution < -0.4 is 5.32 Å². The van der Waals surface area contributed by atoms with Crippen molar-refractivity contribution in [2.24, 2.45) is 0 Å². The van der Waals surface area contributed by atoms with Crippen molar-refractivity contribution in [3.8, 4) is 0 Å². The second-order valence-electron chi connectivity index (χ2n) is 6.19. The third kappa shape index (κ3) is 3.94. The van der Waals surface area contributed by atoms with E-state index in [1.165, 1.54) is 28.0 Å². The predicted octanol–water partition coefficient (Wildman–Crippen LogP) is 4.18. The number of thiophene rings is 1. The van der Waals surface area contributed by atoms with Crippen LogP contribution in [0.4, 0.5) is 5.00 Å². The molecule has 0 saturated heterocycles. The van der Waals surface area contributed by atoms with E-state index in [1.807, 2.05) is 6.07 Å². The molecule has 1 aliphatic carbocycles. The highest BCUT2D eigenvalue weighted by Crippen LogP contribution is 2.39. The van der Waals surface area contributed by atoms with Gasteiger partial charge in [-0.3, -0.25) is 4.79 Å². The summed E-state index contributed by atoms with van der Waals surface area (Å²) in [5, 5.41) is 4.09. The average molecular weight is 481 g/mol. The fourth-order valence-corrected chi connectivity index (χ4v) is 5.43. The molecule has 2 N–H and O–H groups in total. The Hall–Kier alpha value is -1.91. The van der Waals surface area contributed by atoms with Gasteiger partial charge in [-0.2, -0.15) is 0 Å². The fraction of sp³-hybridized carbons (Fsp3) is 0.333. The molecule has 28 heavy (non-hydrogen) atoms. The molecule has 1 amide bonds. The Bertz CT molecular complexity index is 1060. The van der Waals surface area contributed by atoms with Crippen molar-refractivity contribution >= 4 is 67.1 Å². The molecule has 0 unspecified atom stereocenters. The number of fused-ring (bicyclic) bond motifs is 2. The number of H-pyrrole nitrogens is 1. The number of nitrogens with one attached hydrogen (secondary N) is 2. The number of anilines is 1. The van der Waals surface area contributed by atoms with Crippen molar-refractivity contribution < 1.29 is 14.3 Å². The zero-order valence-corrected chi connectivity index (χ0v) is 18.2. The van der Waals surface area contributed by atoms with E-state index in [4.69, 9.17) is 4.74 Å². The maximum absolute atomic E-state index is 12.5. The minimum absolute atomic E-state index is 0.172. The van der Waals surface area contributed by atoms with E-state index in [9.17, 15) is 9.59 Å². The van der Waals surface area contributed by atoms with Crippen LogP contribution in [0.25, 0.3) is 11.2 Å². The Morgan fingerprint density at radius 3 is 3.11 bits per heavy atom. The van der Waals surface area contributed by atoms with Crippen molar-refractivity contribution in [3.05, 3.63) is 32.7 Å². The molecular formula is C18H17BrN4O3S2. The van der Waals surface area contributed by atoms with E-state index >= 15 is 0 Å². The van der Waals surface area contributed by atoms with Gasteiger partial charge in [-0.25, -0.2) is 14.8 Å². The van der Waals surface area contributed by atoms with Crippen LogP contribution in [-0.4, -0.2) is 39.2 Å². The van der Waals surface area contributed by atoms with Crippen LogP contribution in [0.5, 0.6) is 0 Å². The minimum atomic E-state index is -0.362. The molecule has 0 radical (unpaired) electrons. The number of carbonyl (C=O) groups is 2. The van der Waals surface area contributed by atoms with Gasteiger partial charge in [0.1, 0.15) is 5.00 Å². The summed E-state index contributed by atoms with van der Waals surface area (Å²) in [5.74, 6) is -0.380. The number of aromatic amines is 1. The van der Waals surface area contributed by atoms with Gasteiger partial charge in [-0.1, -0.05) is 11.8 Å². The SMILES string of the molecule is CCOC(=O)c1c(NC(=O)CSc2nc3ncc(Br)cc3[nH]2)sc2c1CCC2. The molecule has 3 aromatic rings. The van der Waals surface area contributed by atoms with Gasteiger partial charge in [0.25, 0.3) is 0 Å². The maximum Gasteiger partial charge on any atom is 0.341 e. The average Bonchev–Trinajstić information content (AvgIpc) is 3.33. The summed E-state index contributed by atoms with van der Waals surface area (Å²) < 4.78 is 6.05. The molecule has 146 valence electrons. The van der Waals surface area contributed by atoms with E-state index in [-0.39, 0.29) is 17.6 Å². The summed E-state index contributed by atoms with van der Waals surface area (Å²) in [4.78, 5) is 37.7. The molecular weight excluding hydrogens is 464 g/mol. The van der Waals surface area contributed by atoms with Crippen molar-refractivity contribution in [2.45, 2.75) is 31.3 Å². The number of imidazole rings is 1. The fourth-order valence-electron chi connectivity index (χ4n) is 3.13. The first-order valence-corrected chi connectivity index (χ1v) is 11.4. The Balaban J connectivity index is 1.45. The van der Waals surface area contributed by atoms with E-state index in [2.05, 4.69) is 36.2 Å². The zero-order valence-electron chi connectivity index (χ0n) is 15.0. The molecule has 0 aliphatic heterocycles.